The molecule has 0 saturated carbocycles. The van der Waals surface area contributed by atoms with Crippen molar-refractivity contribution in [2.24, 2.45) is 5.92 Å². The molecule has 3 aliphatic rings. The van der Waals surface area contributed by atoms with Crippen LogP contribution in [0.2, 0.25) is 0 Å². The highest BCUT2D eigenvalue weighted by atomic mass is 32.5. The number of aryl methyl sites for hydroxylation is 1. The summed E-state index contributed by atoms with van der Waals surface area (Å²) in [4.78, 5) is 26.2. The molecule has 4 rings (SSSR count). The lowest BCUT2D eigenvalue weighted by Gasteiger charge is -2.37. The van der Waals surface area contributed by atoms with E-state index in [4.69, 9.17) is 36.1 Å². The summed E-state index contributed by atoms with van der Waals surface area (Å²) in [6.45, 7) is 0.734. The largest absolute Gasteiger partial charge is 0.383 e. The van der Waals surface area contributed by atoms with Crippen molar-refractivity contribution in [3.63, 3.8) is 0 Å². The zero-order chi connectivity index (χ0) is 18.4. The highest BCUT2D eigenvalue weighted by Gasteiger charge is 2.47. The normalized spacial score (nSPS) is 34.5. The number of nitrogens with zero attached hydrogens (tertiary/aromatic N) is 2. The molecule has 140 valence electrons. The van der Waals surface area contributed by atoms with Crippen molar-refractivity contribution in [3.05, 3.63) is 22.2 Å². The van der Waals surface area contributed by atoms with Gasteiger partial charge in [0.2, 0.25) is 0 Å². The van der Waals surface area contributed by atoms with Crippen molar-refractivity contribution in [2.45, 2.75) is 44.8 Å². The van der Waals surface area contributed by atoms with Crippen LogP contribution >= 0.6 is 6.72 Å². The molecular formula is C14H22N3O6PS. The number of rotatable bonds is 4. The molecule has 11 heteroatoms. The van der Waals surface area contributed by atoms with Crippen LogP contribution in [0.3, 0.4) is 0 Å². The zero-order valence-corrected chi connectivity index (χ0v) is 15.9. The highest BCUT2D eigenvalue weighted by molar-refractivity contribution is 8.07. The van der Waals surface area contributed by atoms with Gasteiger partial charge in [-0.05, 0) is 31.1 Å². The van der Waals surface area contributed by atoms with Crippen LogP contribution in [0.5, 0.6) is 0 Å². The van der Waals surface area contributed by atoms with Crippen LogP contribution in [0.25, 0.3) is 0 Å². The van der Waals surface area contributed by atoms with E-state index in [0.717, 1.165) is 0 Å². The van der Waals surface area contributed by atoms with Gasteiger partial charge in [0, 0.05) is 18.9 Å². The Bertz CT molecular complexity index is 759. The Balaban J connectivity index is 1.99. The molecular weight excluding hydrogens is 369 g/mol. The minimum Gasteiger partial charge on any atom is -0.383 e. The molecule has 3 N–H and O–H groups in total. The van der Waals surface area contributed by atoms with Gasteiger partial charge >= 0.3 is 12.4 Å². The molecule has 1 aromatic heterocycles. The van der Waals surface area contributed by atoms with Gasteiger partial charge in [-0.25, -0.2) is 4.79 Å². The van der Waals surface area contributed by atoms with E-state index in [9.17, 15) is 9.69 Å². The number of ether oxygens (including phenoxy) is 2. The maximum absolute atomic E-state index is 12.3. The molecule has 0 amide bonds. The number of nitrogen functional groups attached to an aromatic ring is 1. The van der Waals surface area contributed by atoms with Crippen LogP contribution in [0.4, 0.5) is 5.82 Å². The van der Waals surface area contributed by atoms with E-state index in [1.54, 1.807) is 13.1 Å². The fourth-order valence-electron chi connectivity index (χ4n) is 3.13. The molecule has 0 radical (unpaired) electrons. The lowest BCUT2D eigenvalue weighted by atomic mass is 9.98. The van der Waals surface area contributed by atoms with Crippen molar-refractivity contribution < 1.29 is 23.4 Å². The SMILES string of the molecule is COP(O)(=S)O[C@H]1CC(C)C2COC1[C@H](n1cc(C)c(N)nc1=O)O2. The maximum atomic E-state index is 12.3. The minimum atomic E-state index is -3.39. The molecule has 0 spiro atoms. The van der Waals surface area contributed by atoms with Crippen LogP contribution in [-0.2, 0) is 30.3 Å². The molecule has 0 aromatic carbocycles. The zero-order valence-electron chi connectivity index (χ0n) is 14.2. The highest BCUT2D eigenvalue weighted by Crippen LogP contribution is 2.48. The predicted molar refractivity (Wildman–Crippen MR) is 93.5 cm³/mol. The number of hydrogen-bond donors (Lipinski definition) is 2. The summed E-state index contributed by atoms with van der Waals surface area (Å²) in [6.07, 6.45) is -0.0172. The summed E-state index contributed by atoms with van der Waals surface area (Å²) in [6, 6.07) is 0. The Morgan fingerprint density at radius 1 is 1.56 bits per heavy atom. The second-order valence-electron chi connectivity index (χ2n) is 6.37. The summed E-state index contributed by atoms with van der Waals surface area (Å²) >= 11 is 4.97. The van der Waals surface area contributed by atoms with Gasteiger partial charge in [-0.15, -0.1) is 0 Å². The third-order valence-electron chi connectivity index (χ3n) is 4.60. The van der Waals surface area contributed by atoms with Crippen molar-refractivity contribution in [1.29, 1.82) is 0 Å². The third kappa shape index (κ3) is 3.80. The van der Waals surface area contributed by atoms with E-state index in [1.165, 1.54) is 11.7 Å². The lowest BCUT2D eigenvalue weighted by molar-refractivity contribution is -0.220. The molecule has 4 heterocycles. The summed E-state index contributed by atoms with van der Waals surface area (Å²) in [7, 11) is 1.30. The first-order chi connectivity index (χ1) is 11.7. The van der Waals surface area contributed by atoms with E-state index in [1.807, 2.05) is 6.92 Å². The second-order valence-corrected chi connectivity index (χ2v) is 9.27. The third-order valence-corrected chi connectivity index (χ3v) is 6.30. The molecule has 0 aliphatic carbocycles. The van der Waals surface area contributed by atoms with E-state index in [0.29, 0.717) is 18.6 Å². The van der Waals surface area contributed by atoms with Gasteiger partial charge in [0.05, 0.1) is 18.8 Å². The van der Waals surface area contributed by atoms with Crippen LogP contribution in [-0.4, -0.2) is 46.5 Å². The van der Waals surface area contributed by atoms with Crippen molar-refractivity contribution >= 4 is 24.3 Å². The van der Waals surface area contributed by atoms with Gasteiger partial charge in [-0.3, -0.25) is 4.57 Å². The molecule has 9 nitrogen and oxygen atoms in total. The molecule has 4 unspecified atom stereocenters. The average Bonchev–Trinajstić information content (AvgIpc) is 2.77. The Morgan fingerprint density at radius 2 is 2.28 bits per heavy atom. The molecule has 1 aromatic rings. The summed E-state index contributed by atoms with van der Waals surface area (Å²) in [5.41, 5.74) is 5.81. The Kier molecular flexibility index (Phi) is 5.32. The fourth-order valence-corrected chi connectivity index (χ4v) is 4.09. The van der Waals surface area contributed by atoms with Crippen LogP contribution in [0.15, 0.2) is 11.0 Å². The van der Waals surface area contributed by atoms with Gasteiger partial charge in [-0.2, -0.15) is 4.98 Å². The van der Waals surface area contributed by atoms with Gasteiger partial charge < -0.3 is 29.1 Å². The van der Waals surface area contributed by atoms with Crippen LogP contribution in [0.1, 0.15) is 25.1 Å². The van der Waals surface area contributed by atoms with Crippen LogP contribution < -0.4 is 11.4 Å². The first-order valence-electron chi connectivity index (χ1n) is 7.91. The molecule has 6 atom stereocenters. The van der Waals surface area contributed by atoms with Gasteiger partial charge in [0.25, 0.3) is 0 Å². The van der Waals surface area contributed by atoms with Gasteiger partial charge in [-0.1, -0.05) is 6.92 Å². The molecule has 3 saturated heterocycles. The average molecular weight is 391 g/mol. The topological polar surface area (TPSA) is 118 Å². The maximum Gasteiger partial charge on any atom is 0.351 e. The number of anilines is 1. The number of hydrogen-bond acceptors (Lipinski definition) is 8. The smallest absolute Gasteiger partial charge is 0.351 e. The molecule has 3 fully saturated rings. The number of aromatic nitrogens is 2. The van der Waals surface area contributed by atoms with Gasteiger partial charge in [0.15, 0.2) is 6.23 Å². The fraction of sp³-hybridized carbons (Fsp3) is 0.714. The second kappa shape index (κ2) is 7.03. The van der Waals surface area contributed by atoms with E-state index in [-0.39, 0.29) is 17.8 Å². The number of nitrogens with two attached hydrogens (primary N) is 1. The molecule has 2 bridgehead atoms. The quantitative estimate of drug-likeness (QED) is 0.715. The first-order valence-corrected chi connectivity index (χ1v) is 10.5. The first kappa shape index (κ1) is 18.9. The van der Waals surface area contributed by atoms with Crippen LogP contribution in [0, 0.1) is 12.8 Å². The van der Waals surface area contributed by atoms with E-state index in [2.05, 4.69) is 4.98 Å². The summed E-state index contributed by atoms with van der Waals surface area (Å²) in [5, 5.41) is 0. The Hall–Kier alpha value is -0.870. The van der Waals surface area contributed by atoms with E-state index < -0.39 is 30.8 Å². The lowest BCUT2D eigenvalue weighted by Crippen LogP contribution is -2.47. The predicted octanol–water partition coefficient (Wildman–Crippen LogP) is 0.705. The molecule has 25 heavy (non-hydrogen) atoms. The summed E-state index contributed by atoms with van der Waals surface area (Å²) < 4.78 is 23.9. The van der Waals surface area contributed by atoms with Crippen molar-refractivity contribution in [3.8, 4) is 0 Å². The summed E-state index contributed by atoms with van der Waals surface area (Å²) in [5.74, 6) is 0.262. The standard InChI is InChI=1S/C14H22N3O6PS/c1-7-4-9(23-24(19,25)20-3)11-13(22-10(7)6-21-11)17-5-8(2)12(15)16-14(17)18/h5,7,9-11,13H,4,6H2,1-3H3,(H,19,25)(H2,15,16,18)/t7?,9-,10?,11?,13+,24?/m0/s1. The van der Waals surface area contributed by atoms with Crippen molar-refractivity contribution in [2.75, 3.05) is 19.5 Å². The Labute approximate surface area is 150 Å². The Morgan fingerprint density at radius 3 is 2.96 bits per heavy atom. The number of fused-ring (bicyclic) bond motifs is 4. The van der Waals surface area contributed by atoms with Gasteiger partial charge in [0.1, 0.15) is 11.9 Å². The minimum absolute atomic E-state index is 0.0883. The van der Waals surface area contributed by atoms with Crippen molar-refractivity contribution in [1.82, 2.24) is 9.55 Å². The molecule has 3 aliphatic heterocycles. The van der Waals surface area contributed by atoms with E-state index >= 15 is 0 Å². The monoisotopic (exact) mass is 391 g/mol.